The fourth-order valence-electron chi connectivity index (χ4n) is 2.38. The molecule has 0 aromatic rings. The van der Waals surface area contributed by atoms with Crippen molar-refractivity contribution in [1.82, 2.24) is 5.06 Å². The molecule has 0 aromatic heterocycles. The van der Waals surface area contributed by atoms with E-state index >= 15 is 0 Å². The molecule has 0 aliphatic carbocycles. The number of carboxylic acids is 1. The van der Waals surface area contributed by atoms with E-state index in [1.54, 1.807) is 6.92 Å². The highest BCUT2D eigenvalue weighted by atomic mass is 16.7. The summed E-state index contributed by atoms with van der Waals surface area (Å²) in [4.78, 5) is 26.4. The van der Waals surface area contributed by atoms with E-state index in [0.717, 1.165) is 18.9 Å². The Morgan fingerprint density at radius 2 is 1.57 bits per heavy atom. The van der Waals surface area contributed by atoms with E-state index in [4.69, 9.17) is 9.94 Å². The van der Waals surface area contributed by atoms with E-state index in [1.165, 1.54) is 6.42 Å². The molecule has 5 nitrogen and oxygen atoms in total. The van der Waals surface area contributed by atoms with Gasteiger partial charge < -0.3 is 9.94 Å². The highest BCUT2D eigenvalue weighted by molar-refractivity contribution is 5.86. The smallest absolute Gasteiger partial charge is 0.352 e. The van der Waals surface area contributed by atoms with Gasteiger partial charge in [0.25, 0.3) is 0 Å². The maximum atomic E-state index is 11.6. The number of hydroxylamine groups is 2. The summed E-state index contributed by atoms with van der Waals surface area (Å²) >= 11 is 0. The lowest BCUT2D eigenvalue weighted by Crippen LogP contribution is -2.58. The summed E-state index contributed by atoms with van der Waals surface area (Å²) in [6, 6.07) is 0. The van der Waals surface area contributed by atoms with Crippen LogP contribution in [0.15, 0.2) is 24.8 Å². The van der Waals surface area contributed by atoms with Crippen molar-refractivity contribution < 1.29 is 19.5 Å². The molecule has 0 spiro atoms. The van der Waals surface area contributed by atoms with Gasteiger partial charge in [-0.1, -0.05) is 13.2 Å². The second-order valence-corrected chi connectivity index (χ2v) is 6.47. The van der Waals surface area contributed by atoms with Crippen molar-refractivity contribution in [3.63, 3.8) is 0 Å². The minimum Gasteiger partial charge on any atom is -0.478 e. The number of hydrogen-bond acceptors (Lipinski definition) is 4. The number of piperidine rings is 1. The van der Waals surface area contributed by atoms with Gasteiger partial charge in [0.1, 0.15) is 0 Å². The average molecular weight is 297 g/mol. The lowest BCUT2D eigenvalue weighted by atomic mass is 9.82. The van der Waals surface area contributed by atoms with Crippen LogP contribution < -0.4 is 0 Å². The van der Waals surface area contributed by atoms with Gasteiger partial charge in [0.2, 0.25) is 0 Å². The zero-order chi connectivity index (χ0) is 16.8. The molecule has 5 heteroatoms. The standard InChI is InChI=1S/C13H23NO2.C3H4O2/c1-10(2)11(15)16-14-12(3,4)8-7-9-13(14,5)6;1-2-3(4)5/h1,7-9H2,2-6H3;2H,1H2,(H,4,5). The first-order valence-corrected chi connectivity index (χ1v) is 6.97. The molecule has 1 saturated heterocycles. The predicted molar refractivity (Wildman–Crippen MR) is 82.6 cm³/mol. The third-order valence-electron chi connectivity index (χ3n) is 3.37. The number of nitrogens with zero attached hydrogens (tertiary/aromatic N) is 1. The fourth-order valence-corrected chi connectivity index (χ4v) is 2.38. The minimum absolute atomic E-state index is 0.104. The Bertz CT molecular complexity index is 408. The van der Waals surface area contributed by atoms with Crippen LogP contribution >= 0.6 is 0 Å². The Morgan fingerprint density at radius 3 is 1.86 bits per heavy atom. The van der Waals surface area contributed by atoms with Crippen LogP contribution in [0.3, 0.4) is 0 Å². The van der Waals surface area contributed by atoms with Crippen molar-refractivity contribution in [2.75, 3.05) is 0 Å². The van der Waals surface area contributed by atoms with Crippen LogP contribution in [0.4, 0.5) is 0 Å². The zero-order valence-electron chi connectivity index (χ0n) is 13.7. The van der Waals surface area contributed by atoms with Crippen LogP contribution in [0.1, 0.15) is 53.9 Å². The summed E-state index contributed by atoms with van der Waals surface area (Å²) in [5.41, 5.74) is 0.233. The Morgan fingerprint density at radius 1 is 1.19 bits per heavy atom. The van der Waals surface area contributed by atoms with Crippen molar-refractivity contribution >= 4 is 11.9 Å². The Balaban J connectivity index is 0.000000690. The van der Waals surface area contributed by atoms with Crippen molar-refractivity contribution in [3.8, 4) is 0 Å². The summed E-state index contributed by atoms with van der Waals surface area (Å²) in [5.74, 6) is -1.31. The highest BCUT2D eigenvalue weighted by Crippen LogP contribution is 2.38. The Hall–Kier alpha value is -1.62. The molecule has 0 unspecified atom stereocenters. The lowest BCUT2D eigenvalue weighted by molar-refractivity contribution is -0.262. The molecular weight excluding hydrogens is 270 g/mol. The summed E-state index contributed by atoms with van der Waals surface area (Å²) in [6.45, 7) is 16.7. The van der Waals surface area contributed by atoms with Gasteiger partial charge in [-0.05, 0) is 53.9 Å². The van der Waals surface area contributed by atoms with E-state index in [2.05, 4.69) is 40.9 Å². The van der Waals surface area contributed by atoms with Crippen molar-refractivity contribution in [1.29, 1.82) is 0 Å². The zero-order valence-corrected chi connectivity index (χ0v) is 13.7. The molecular formula is C16H27NO4. The van der Waals surface area contributed by atoms with E-state index in [9.17, 15) is 9.59 Å². The summed E-state index contributed by atoms with van der Waals surface area (Å²) in [6.07, 6.45) is 4.08. The van der Waals surface area contributed by atoms with Crippen LogP contribution in [0.5, 0.6) is 0 Å². The second-order valence-electron chi connectivity index (χ2n) is 6.47. The molecule has 1 aliphatic rings. The summed E-state index contributed by atoms with van der Waals surface area (Å²) < 4.78 is 0. The number of carboxylic acid groups (broad SMARTS) is 1. The van der Waals surface area contributed by atoms with Gasteiger partial charge >= 0.3 is 11.9 Å². The predicted octanol–water partition coefficient (Wildman–Crippen LogP) is 3.32. The van der Waals surface area contributed by atoms with Crippen LogP contribution in [-0.2, 0) is 14.4 Å². The first-order valence-electron chi connectivity index (χ1n) is 6.97. The molecule has 0 radical (unpaired) electrons. The van der Waals surface area contributed by atoms with Crippen LogP contribution in [0, 0.1) is 0 Å². The average Bonchev–Trinajstić information content (AvgIpc) is 2.33. The van der Waals surface area contributed by atoms with Gasteiger partial charge in [0.05, 0.1) is 11.1 Å². The van der Waals surface area contributed by atoms with Crippen molar-refractivity contribution in [2.24, 2.45) is 0 Å². The summed E-state index contributed by atoms with van der Waals surface area (Å²) in [7, 11) is 0. The van der Waals surface area contributed by atoms with Gasteiger partial charge in [-0.2, -0.15) is 0 Å². The monoisotopic (exact) mass is 297 g/mol. The maximum absolute atomic E-state index is 11.6. The second kappa shape index (κ2) is 7.41. The quantitative estimate of drug-likeness (QED) is 0.809. The Kier molecular flexibility index (Phi) is 6.83. The SMILES string of the molecule is C=C(C)C(=O)ON1C(C)(C)CCCC1(C)C.C=CC(=O)O. The van der Waals surface area contributed by atoms with Gasteiger partial charge in [0.15, 0.2) is 0 Å². The van der Waals surface area contributed by atoms with Gasteiger partial charge in [-0.25, -0.2) is 9.59 Å². The summed E-state index contributed by atoms with van der Waals surface area (Å²) in [5, 5.41) is 9.45. The molecule has 0 atom stereocenters. The van der Waals surface area contributed by atoms with Gasteiger partial charge in [0, 0.05) is 11.6 Å². The molecule has 0 bridgehead atoms. The molecule has 1 aliphatic heterocycles. The third kappa shape index (κ3) is 6.12. The fraction of sp³-hybridized carbons (Fsp3) is 0.625. The van der Waals surface area contributed by atoms with Gasteiger partial charge in [-0.3, -0.25) is 0 Å². The number of carbonyl (C=O) groups excluding carboxylic acids is 1. The molecule has 120 valence electrons. The first kappa shape index (κ1) is 19.4. The molecule has 1 N–H and O–H groups in total. The first-order chi connectivity index (χ1) is 9.44. The topological polar surface area (TPSA) is 66.8 Å². The molecule has 0 aromatic carbocycles. The van der Waals surface area contributed by atoms with Crippen LogP contribution in [-0.4, -0.2) is 33.2 Å². The Labute approximate surface area is 127 Å². The molecule has 1 rings (SSSR count). The van der Waals surface area contributed by atoms with E-state index < -0.39 is 5.97 Å². The van der Waals surface area contributed by atoms with Gasteiger partial charge in [-0.15, -0.1) is 5.06 Å². The highest BCUT2D eigenvalue weighted by Gasteiger charge is 2.44. The van der Waals surface area contributed by atoms with Crippen LogP contribution in [0.2, 0.25) is 0 Å². The maximum Gasteiger partial charge on any atom is 0.352 e. The number of aliphatic carboxylic acids is 1. The number of carbonyl (C=O) groups is 2. The number of hydrogen-bond donors (Lipinski definition) is 1. The lowest BCUT2D eigenvalue weighted by Gasteiger charge is -2.50. The van der Waals surface area contributed by atoms with Crippen molar-refractivity contribution in [2.45, 2.75) is 65.0 Å². The molecule has 1 fully saturated rings. The van der Waals surface area contributed by atoms with Crippen molar-refractivity contribution in [3.05, 3.63) is 24.8 Å². The molecule has 0 saturated carbocycles. The van der Waals surface area contributed by atoms with Crippen LogP contribution in [0.25, 0.3) is 0 Å². The minimum atomic E-state index is -0.981. The normalized spacial score (nSPS) is 19.7. The molecule has 1 heterocycles. The van der Waals surface area contributed by atoms with E-state index in [0.29, 0.717) is 5.57 Å². The van der Waals surface area contributed by atoms with E-state index in [-0.39, 0.29) is 17.0 Å². The molecule has 21 heavy (non-hydrogen) atoms. The third-order valence-corrected chi connectivity index (χ3v) is 3.37. The largest absolute Gasteiger partial charge is 0.478 e. The van der Waals surface area contributed by atoms with E-state index in [1.807, 2.05) is 5.06 Å². The molecule has 0 amide bonds. The number of rotatable bonds is 3.